The molecule has 1 aromatic heterocycles. The van der Waals surface area contributed by atoms with Gasteiger partial charge in [0.2, 0.25) is 0 Å². The normalized spacial score (nSPS) is 22.8. The molecule has 0 atom stereocenters. The average Bonchev–Trinajstić information content (AvgIpc) is 2.74. The topological polar surface area (TPSA) is 37.8 Å². The second-order valence-electron chi connectivity index (χ2n) is 4.33. The minimum atomic E-state index is 0.303. The monoisotopic (exact) mass is 175 g/mol. The number of aromatic nitrogens is 2. The Morgan fingerprint density at radius 1 is 1.38 bits per heavy atom. The van der Waals surface area contributed by atoms with Gasteiger partial charge in [0.05, 0.1) is 5.69 Å². The van der Waals surface area contributed by atoms with Crippen molar-refractivity contribution in [2.75, 3.05) is 0 Å². The number of nitrogens with one attached hydrogen (secondary N) is 1. The lowest BCUT2D eigenvalue weighted by Gasteiger charge is -2.07. The Hall–Kier alpha value is -0.960. The van der Waals surface area contributed by atoms with Crippen LogP contribution in [-0.2, 0) is 18.5 Å². The molecule has 3 rings (SSSR count). The second-order valence-corrected chi connectivity index (χ2v) is 4.33. The van der Waals surface area contributed by atoms with Crippen LogP contribution >= 0.6 is 0 Å². The van der Waals surface area contributed by atoms with Crippen LogP contribution in [0.5, 0.6) is 0 Å². The minimum Gasteiger partial charge on any atom is -0.307 e. The molecule has 2 heterocycles. The Labute approximate surface area is 77.6 Å². The highest BCUT2D eigenvalue weighted by Gasteiger charge is 2.42. The molecule has 0 bridgehead atoms. The molecular weight excluding hydrogens is 162 g/mol. The van der Waals surface area contributed by atoms with Gasteiger partial charge in [-0.25, -0.2) is 9.97 Å². The van der Waals surface area contributed by atoms with Crippen molar-refractivity contribution >= 4 is 0 Å². The van der Waals surface area contributed by atoms with Crippen molar-refractivity contribution in [3.8, 4) is 0 Å². The summed E-state index contributed by atoms with van der Waals surface area (Å²) < 4.78 is 0. The molecule has 0 aromatic carbocycles. The zero-order valence-electron chi connectivity index (χ0n) is 7.80. The van der Waals surface area contributed by atoms with Crippen molar-refractivity contribution in [3.05, 3.63) is 23.3 Å². The summed E-state index contributed by atoms with van der Waals surface area (Å²) in [4.78, 5) is 9.05. The van der Waals surface area contributed by atoms with E-state index in [2.05, 4.69) is 22.2 Å². The maximum atomic E-state index is 4.61. The Balaban J connectivity index is 2.05. The maximum absolute atomic E-state index is 4.61. The summed E-state index contributed by atoms with van der Waals surface area (Å²) >= 11 is 0. The van der Waals surface area contributed by atoms with Crippen LogP contribution in [0.3, 0.4) is 0 Å². The summed E-state index contributed by atoms with van der Waals surface area (Å²) in [6.45, 7) is 4.10. The third kappa shape index (κ3) is 1.07. The molecule has 1 aliphatic heterocycles. The van der Waals surface area contributed by atoms with Gasteiger partial charge in [0.25, 0.3) is 0 Å². The first-order valence-corrected chi connectivity index (χ1v) is 4.84. The standard InChI is InChI=1S/C10H13N3/c1-10(2-3-10)9-12-5-7-4-11-6-8(7)13-9/h5,11H,2-4,6H2,1H3. The molecule has 1 fully saturated rings. The molecule has 0 amide bonds. The zero-order chi connectivity index (χ0) is 8.89. The molecule has 0 radical (unpaired) electrons. The SMILES string of the molecule is CC1(c2ncc3c(n2)CNC3)CC1. The van der Waals surface area contributed by atoms with Crippen LogP contribution in [0.15, 0.2) is 6.20 Å². The Morgan fingerprint density at radius 3 is 3.00 bits per heavy atom. The summed E-state index contributed by atoms with van der Waals surface area (Å²) in [7, 11) is 0. The van der Waals surface area contributed by atoms with Crippen molar-refractivity contribution in [1.82, 2.24) is 15.3 Å². The molecule has 0 unspecified atom stereocenters. The van der Waals surface area contributed by atoms with Gasteiger partial charge in [-0.3, -0.25) is 0 Å². The lowest BCUT2D eigenvalue weighted by Crippen LogP contribution is -2.08. The van der Waals surface area contributed by atoms with E-state index in [1.54, 1.807) is 0 Å². The van der Waals surface area contributed by atoms with E-state index in [1.165, 1.54) is 24.1 Å². The average molecular weight is 175 g/mol. The minimum absolute atomic E-state index is 0.303. The maximum Gasteiger partial charge on any atom is 0.134 e. The van der Waals surface area contributed by atoms with E-state index in [0.29, 0.717) is 5.41 Å². The van der Waals surface area contributed by atoms with Gasteiger partial charge in [0.15, 0.2) is 0 Å². The third-order valence-corrected chi connectivity index (χ3v) is 3.10. The fourth-order valence-corrected chi connectivity index (χ4v) is 1.76. The molecule has 1 aliphatic carbocycles. The molecule has 1 N–H and O–H groups in total. The molecule has 3 heteroatoms. The Morgan fingerprint density at radius 2 is 2.23 bits per heavy atom. The summed E-state index contributed by atoms with van der Waals surface area (Å²) in [5.74, 6) is 1.05. The Bertz CT molecular complexity index is 355. The van der Waals surface area contributed by atoms with Gasteiger partial charge in [-0.15, -0.1) is 0 Å². The highest BCUT2D eigenvalue weighted by molar-refractivity contribution is 5.25. The molecule has 13 heavy (non-hydrogen) atoms. The van der Waals surface area contributed by atoms with Crippen LogP contribution < -0.4 is 5.32 Å². The zero-order valence-corrected chi connectivity index (χ0v) is 7.80. The van der Waals surface area contributed by atoms with Crippen LogP contribution in [0.1, 0.15) is 36.8 Å². The van der Waals surface area contributed by atoms with E-state index in [4.69, 9.17) is 0 Å². The van der Waals surface area contributed by atoms with Gasteiger partial charge < -0.3 is 5.32 Å². The molecule has 2 aliphatic rings. The lowest BCUT2D eigenvalue weighted by atomic mass is 10.1. The first-order chi connectivity index (χ1) is 6.28. The molecule has 1 aromatic rings. The number of nitrogens with zero attached hydrogens (tertiary/aromatic N) is 2. The highest BCUT2D eigenvalue weighted by atomic mass is 15.0. The van der Waals surface area contributed by atoms with Gasteiger partial charge in [-0.1, -0.05) is 6.92 Å². The number of hydrogen-bond acceptors (Lipinski definition) is 3. The molecule has 0 saturated heterocycles. The quantitative estimate of drug-likeness (QED) is 0.695. The van der Waals surface area contributed by atoms with Gasteiger partial charge in [0, 0.05) is 30.3 Å². The van der Waals surface area contributed by atoms with Crippen LogP contribution in [0.4, 0.5) is 0 Å². The first-order valence-electron chi connectivity index (χ1n) is 4.84. The molecule has 3 nitrogen and oxygen atoms in total. The van der Waals surface area contributed by atoms with E-state index in [0.717, 1.165) is 18.9 Å². The number of rotatable bonds is 1. The van der Waals surface area contributed by atoms with Crippen molar-refractivity contribution in [2.45, 2.75) is 38.3 Å². The first kappa shape index (κ1) is 7.44. The summed E-state index contributed by atoms with van der Waals surface area (Å²) in [6.07, 6.45) is 4.49. The van der Waals surface area contributed by atoms with Crippen molar-refractivity contribution in [3.63, 3.8) is 0 Å². The Kier molecular flexibility index (Phi) is 1.31. The highest BCUT2D eigenvalue weighted by Crippen LogP contribution is 2.45. The largest absolute Gasteiger partial charge is 0.307 e. The van der Waals surface area contributed by atoms with Crippen LogP contribution in [0.2, 0.25) is 0 Å². The summed E-state index contributed by atoms with van der Waals surface area (Å²) in [5, 5.41) is 3.28. The smallest absolute Gasteiger partial charge is 0.134 e. The molecule has 1 saturated carbocycles. The lowest BCUT2D eigenvalue weighted by molar-refractivity contribution is 0.695. The van der Waals surface area contributed by atoms with E-state index in [9.17, 15) is 0 Å². The van der Waals surface area contributed by atoms with Crippen LogP contribution in [0, 0.1) is 0 Å². The number of fused-ring (bicyclic) bond motifs is 1. The summed E-state index contributed by atoms with van der Waals surface area (Å²) in [6, 6.07) is 0. The predicted molar refractivity (Wildman–Crippen MR) is 49.2 cm³/mol. The molecular formula is C10H13N3. The molecule has 0 spiro atoms. The predicted octanol–water partition coefficient (Wildman–Crippen LogP) is 1.13. The van der Waals surface area contributed by atoms with E-state index in [-0.39, 0.29) is 0 Å². The van der Waals surface area contributed by atoms with E-state index >= 15 is 0 Å². The second kappa shape index (κ2) is 2.29. The van der Waals surface area contributed by atoms with Gasteiger partial charge >= 0.3 is 0 Å². The fraction of sp³-hybridized carbons (Fsp3) is 0.600. The van der Waals surface area contributed by atoms with Gasteiger partial charge in [-0.2, -0.15) is 0 Å². The number of hydrogen-bond donors (Lipinski definition) is 1. The van der Waals surface area contributed by atoms with Crippen LogP contribution in [0.25, 0.3) is 0 Å². The van der Waals surface area contributed by atoms with Crippen LogP contribution in [-0.4, -0.2) is 9.97 Å². The van der Waals surface area contributed by atoms with Crippen molar-refractivity contribution in [2.24, 2.45) is 0 Å². The summed E-state index contributed by atoms with van der Waals surface area (Å²) in [5.41, 5.74) is 2.78. The van der Waals surface area contributed by atoms with Crippen molar-refractivity contribution in [1.29, 1.82) is 0 Å². The fourth-order valence-electron chi connectivity index (χ4n) is 1.76. The molecule has 68 valence electrons. The van der Waals surface area contributed by atoms with E-state index < -0.39 is 0 Å². The van der Waals surface area contributed by atoms with Gasteiger partial charge in [-0.05, 0) is 12.8 Å². The third-order valence-electron chi connectivity index (χ3n) is 3.10. The van der Waals surface area contributed by atoms with E-state index in [1.807, 2.05) is 6.20 Å². The van der Waals surface area contributed by atoms with Gasteiger partial charge in [0.1, 0.15) is 5.82 Å². The van der Waals surface area contributed by atoms with Crippen molar-refractivity contribution < 1.29 is 0 Å².